The van der Waals surface area contributed by atoms with E-state index in [0.717, 1.165) is 19.4 Å². The summed E-state index contributed by atoms with van der Waals surface area (Å²) in [4.78, 5) is 13.2. The Balaban J connectivity index is 2.12. The maximum atomic E-state index is 11.2. The molecule has 0 aromatic carbocycles. The molecule has 2 rings (SSSR count). The van der Waals surface area contributed by atoms with Crippen LogP contribution in [0.1, 0.15) is 39.5 Å². The third-order valence-electron chi connectivity index (χ3n) is 3.15. The Morgan fingerprint density at radius 1 is 1.44 bits per heavy atom. The molecule has 1 aromatic rings. The van der Waals surface area contributed by atoms with E-state index in [1.54, 1.807) is 0 Å². The van der Waals surface area contributed by atoms with Crippen LogP contribution < -0.4 is 10.6 Å². The third kappa shape index (κ3) is 2.63. The van der Waals surface area contributed by atoms with Crippen molar-refractivity contribution < 1.29 is 9.21 Å². The second kappa shape index (κ2) is 4.59. The molecule has 6 nitrogen and oxygen atoms in total. The molecule has 1 aliphatic heterocycles. The monoisotopic (exact) mass is 252 g/mol. The van der Waals surface area contributed by atoms with Crippen LogP contribution in [0.3, 0.4) is 0 Å². The number of primary amides is 1. The number of carbonyl (C=O) groups excluding carboxylic acids is 1. The van der Waals surface area contributed by atoms with Crippen molar-refractivity contribution in [1.82, 2.24) is 10.2 Å². The van der Waals surface area contributed by atoms with Gasteiger partial charge >= 0.3 is 6.01 Å². The first-order valence-corrected chi connectivity index (χ1v) is 6.26. The number of piperidine rings is 1. The molecule has 0 radical (unpaired) electrons. The molecule has 18 heavy (non-hydrogen) atoms. The first-order chi connectivity index (χ1) is 8.38. The normalized spacial score (nSPS) is 21.1. The zero-order chi connectivity index (χ0) is 13.3. The van der Waals surface area contributed by atoms with Gasteiger partial charge < -0.3 is 15.1 Å². The molecule has 6 heteroatoms. The number of nitrogens with two attached hydrogens (primary N) is 1. The standard InChI is InChI=1S/C12H20N4O2/c1-12(2,3)10-14-15-11(18-10)16-6-4-5-8(7-16)9(13)17/h8H,4-7H2,1-3H3,(H2,13,17). The lowest BCUT2D eigenvalue weighted by molar-refractivity contribution is -0.122. The van der Waals surface area contributed by atoms with Crippen LogP contribution in [0.2, 0.25) is 0 Å². The maximum Gasteiger partial charge on any atom is 0.318 e. The number of amides is 1. The van der Waals surface area contributed by atoms with Gasteiger partial charge in [-0.2, -0.15) is 0 Å². The minimum atomic E-state index is -0.254. The molecular weight excluding hydrogens is 232 g/mol. The van der Waals surface area contributed by atoms with Crippen LogP contribution in [0.4, 0.5) is 6.01 Å². The number of hydrogen-bond donors (Lipinski definition) is 1. The number of nitrogens with zero attached hydrogens (tertiary/aromatic N) is 3. The van der Waals surface area contributed by atoms with Crippen LogP contribution in [0.5, 0.6) is 0 Å². The largest absolute Gasteiger partial charge is 0.407 e. The van der Waals surface area contributed by atoms with Gasteiger partial charge in [0.15, 0.2) is 0 Å². The zero-order valence-electron chi connectivity index (χ0n) is 11.1. The Kier molecular flexibility index (Phi) is 3.28. The van der Waals surface area contributed by atoms with Crippen LogP contribution in [-0.4, -0.2) is 29.2 Å². The summed E-state index contributed by atoms with van der Waals surface area (Å²) in [5.74, 6) is 0.234. The maximum absolute atomic E-state index is 11.2. The third-order valence-corrected chi connectivity index (χ3v) is 3.15. The fraction of sp³-hybridized carbons (Fsp3) is 0.750. The fourth-order valence-corrected chi connectivity index (χ4v) is 2.03. The average molecular weight is 252 g/mol. The number of anilines is 1. The van der Waals surface area contributed by atoms with Gasteiger partial charge in [0.25, 0.3) is 0 Å². The number of carbonyl (C=O) groups is 1. The van der Waals surface area contributed by atoms with Gasteiger partial charge in [-0.15, -0.1) is 5.10 Å². The quantitative estimate of drug-likeness (QED) is 0.851. The molecule has 0 bridgehead atoms. The molecule has 1 atom stereocenters. The highest BCUT2D eigenvalue weighted by atomic mass is 16.4. The van der Waals surface area contributed by atoms with Crippen LogP contribution in [0.25, 0.3) is 0 Å². The van der Waals surface area contributed by atoms with Crippen molar-refractivity contribution in [2.24, 2.45) is 11.7 Å². The predicted molar refractivity (Wildman–Crippen MR) is 67.1 cm³/mol. The average Bonchev–Trinajstić information content (AvgIpc) is 2.78. The number of aromatic nitrogens is 2. The van der Waals surface area contributed by atoms with Gasteiger partial charge in [0.2, 0.25) is 11.8 Å². The number of hydrogen-bond acceptors (Lipinski definition) is 5. The van der Waals surface area contributed by atoms with Crippen LogP contribution >= 0.6 is 0 Å². The Labute approximate surface area is 107 Å². The van der Waals surface area contributed by atoms with Crippen molar-refractivity contribution in [3.8, 4) is 0 Å². The number of rotatable bonds is 2. The molecule has 2 N–H and O–H groups in total. The summed E-state index contributed by atoms with van der Waals surface area (Å²) in [6.07, 6.45) is 1.76. The SMILES string of the molecule is CC(C)(C)c1nnc(N2CCCC(C(N)=O)C2)o1. The molecule has 0 aliphatic carbocycles. The summed E-state index contributed by atoms with van der Waals surface area (Å²) in [5.41, 5.74) is 5.19. The minimum Gasteiger partial charge on any atom is -0.407 e. The van der Waals surface area contributed by atoms with E-state index in [-0.39, 0.29) is 17.2 Å². The van der Waals surface area contributed by atoms with Gasteiger partial charge in [-0.1, -0.05) is 25.9 Å². The van der Waals surface area contributed by atoms with E-state index < -0.39 is 0 Å². The highest BCUT2D eigenvalue weighted by Gasteiger charge is 2.28. The van der Waals surface area contributed by atoms with Crippen molar-refractivity contribution in [2.75, 3.05) is 18.0 Å². The second-order valence-corrected chi connectivity index (χ2v) is 5.83. The molecule has 1 aliphatic rings. The van der Waals surface area contributed by atoms with Crippen molar-refractivity contribution in [2.45, 2.75) is 39.0 Å². The van der Waals surface area contributed by atoms with E-state index in [4.69, 9.17) is 10.2 Å². The van der Waals surface area contributed by atoms with E-state index in [9.17, 15) is 4.79 Å². The highest BCUT2D eigenvalue weighted by molar-refractivity contribution is 5.77. The van der Waals surface area contributed by atoms with Gasteiger partial charge in [-0.25, -0.2) is 0 Å². The first kappa shape index (κ1) is 12.9. The summed E-state index contributed by atoms with van der Waals surface area (Å²) in [7, 11) is 0. The topological polar surface area (TPSA) is 85.3 Å². The lowest BCUT2D eigenvalue weighted by Crippen LogP contribution is -2.41. The van der Waals surface area contributed by atoms with E-state index in [2.05, 4.69) is 10.2 Å². The van der Waals surface area contributed by atoms with E-state index >= 15 is 0 Å². The molecule has 0 saturated carbocycles. The molecule has 0 spiro atoms. The van der Waals surface area contributed by atoms with Crippen molar-refractivity contribution in [3.05, 3.63) is 5.89 Å². The minimum absolute atomic E-state index is 0.122. The smallest absolute Gasteiger partial charge is 0.318 e. The van der Waals surface area contributed by atoms with Gasteiger partial charge in [0.05, 0.1) is 5.92 Å². The molecule has 2 heterocycles. The van der Waals surface area contributed by atoms with E-state index in [1.807, 2.05) is 25.7 Å². The Bertz CT molecular complexity index is 436. The molecular formula is C12H20N4O2. The summed E-state index contributed by atoms with van der Waals surface area (Å²) in [6, 6.07) is 0.492. The molecule has 1 fully saturated rings. The van der Waals surface area contributed by atoms with Gasteiger partial charge in [-0.3, -0.25) is 4.79 Å². The van der Waals surface area contributed by atoms with Crippen LogP contribution in [-0.2, 0) is 10.2 Å². The molecule has 1 unspecified atom stereocenters. The summed E-state index contributed by atoms with van der Waals surface area (Å²) in [6.45, 7) is 7.46. The van der Waals surface area contributed by atoms with Gasteiger partial charge in [0, 0.05) is 18.5 Å². The fourth-order valence-electron chi connectivity index (χ4n) is 2.03. The molecule has 1 aromatic heterocycles. The first-order valence-electron chi connectivity index (χ1n) is 6.26. The van der Waals surface area contributed by atoms with E-state index in [0.29, 0.717) is 18.5 Å². The zero-order valence-corrected chi connectivity index (χ0v) is 11.1. The lowest BCUT2D eigenvalue weighted by Gasteiger charge is -2.29. The van der Waals surface area contributed by atoms with E-state index in [1.165, 1.54) is 0 Å². The van der Waals surface area contributed by atoms with Crippen molar-refractivity contribution in [1.29, 1.82) is 0 Å². The van der Waals surface area contributed by atoms with Gasteiger partial charge in [0.1, 0.15) is 0 Å². The second-order valence-electron chi connectivity index (χ2n) is 5.83. The van der Waals surface area contributed by atoms with Crippen LogP contribution in [0, 0.1) is 5.92 Å². The van der Waals surface area contributed by atoms with Crippen molar-refractivity contribution in [3.63, 3.8) is 0 Å². The molecule has 1 amide bonds. The summed E-state index contributed by atoms with van der Waals surface area (Å²) in [5, 5.41) is 8.12. The highest BCUT2D eigenvalue weighted by Crippen LogP contribution is 2.26. The van der Waals surface area contributed by atoms with Crippen molar-refractivity contribution >= 4 is 11.9 Å². The predicted octanol–water partition coefficient (Wildman–Crippen LogP) is 1.07. The molecule has 100 valence electrons. The summed E-state index contributed by atoms with van der Waals surface area (Å²) < 4.78 is 5.67. The Morgan fingerprint density at radius 3 is 2.72 bits per heavy atom. The summed E-state index contributed by atoms with van der Waals surface area (Å²) >= 11 is 0. The lowest BCUT2D eigenvalue weighted by atomic mass is 9.97. The van der Waals surface area contributed by atoms with Crippen LogP contribution in [0.15, 0.2) is 4.42 Å². The van der Waals surface area contributed by atoms with Gasteiger partial charge in [-0.05, 0) is 12.8 Å². The Morgan fingerprint density at radius 2 is 2.17 bits per heavy atom. The Hall–Kier alpha value is -1.59. The molecule has 1 saturated heterocycles.